The Morgan fingerprint density at radius 1 is 1.29 bits per heavy atom. The maximum atomic E-state index is 6.39. The topological polar surface area (TPSA) is 78.8 Å². The molecule has 2 bridgehead atoms. The third kappa shape index (κ3) is 3.39. The van der Waals surface area contributed by atoms with Gasteiger partial charge in [-0.2, -0.15) is 9.47 Å². The number of aryl methyl sites for hydroxylation is 3. The van der Waals surface area contributed by atoms with Crippen molar-refractivity contribution >= 4 is 17.4 Å². The molecule has 1 aliphatic rings. The predicted molar refractivity (Wildman–Crippen MR) is 124 cm³/mol. The van der Waals surface area contributed by atoms with Gasteiger partial charge in [0.2, 0.25) is 0 Å². The number of hydrogen-bond acceptors (Lipinski definition) is 6. The summed E-state index contributed by atoms with van der Waals surface area (Å²) in [5.41, 5.74) is 14.8. The van der Waals surface area contributed by atoms with Crippen LogP contribution < -0.4 is 10.5 Å². The standard InChI is InChI=1S/C24H25N5OS/c1-5-21-22-15-10-20(24(25)26-11-15)30-14(3)18-8-13(2)6-7-17(18)23-16(12-29(4)27-23)9-19(22)28-31-21/h6-8,10-12,14H,5,9H2,1-4H3,(H2,25,26)/t14-/m1/s1. The molecule has 2 N–H and O–H groups in total. The highest BCUT2D eigenvalue weighted by Gasteiger charge is 2.24. The molecule has 0 amide bonds. The SMILES string of the molecule is CCc1snc2c1-c1cnc(N)c(c1)O[C@H](C)c1cc(C)ccc1-c1nn(C)cc1C2. The molecule has 7 heteroatoms. The van der Waals surface area contributed by atoms with Crippen LogP contribution in [-0.4, -0.2) is 19.1 Å². The largest absolute Gasteiger partial charge is 0.482 e. The maximum Gasteiger partial charge on any atom is 0.166 e. The van der Waals surface area contributed by atoms with E-state index in [2.05, 4.69) is 43.2 Å². The zero-order chi connectivity index (χ0) is 21.7. The Morgan fingerprint density at radius 3 is 2.94 bits per heavy atom. The fraction of sp³-hybridized carbons (Fsp3) is 0.292. The first-order valence-electron chi connectivity index (χ1n) is 10.5. The average molecular weight is 432 g/mol. The minimum atomic E-state index is -0.214. The van der Waals surface area contributed by atoms with Gasteiger partial charge in [-0.25, -0.2) is 4.98 Å². The number of nitrogen functional groups attached to an aromatic ring is 1. The number of anilines is 1. The molecular formula is C24H25N5OS. The summed E-state index contributed by atoms with van der Waals surface area (Å²) >= 11 is 1.55. The molecule has 4 aromatic rings. The van der Waals surface area contributed by atoms with Gasteiger partial charge in [0.15, 0.2) is 11.6 Å². The van der Waals surface area contributed by atoms with E-state index < -0.39 is 0 Å². The van der Waals surface area contributed by atoms with Crippen molar-refractivity contribution in [3.63, 3.8) is 0 Å². The van der Waals surface area contributed by atoms with Crippen molar-refractivity contribution in [2.75, 3.05) is 5.73 Å². The summed E-state index contributed by atoms with van der Waals surface area (Å²) in [6.07, 6.45) is 5.32. The van der Waals surface area contributed by atoms with E-state index in [1.165, 1.54) is 10.4 Å². The van der Waals surface area contributed by atoms with Crippen LogP contribution in [0.1, 0.15) is 47.2 Å². The molecule has 1 aromatic carbocycles. The average Bonchev–Trinajstić information content (AvgIpc) is 3.32. The molecule has 0 radical (unpaired) electrons. The quantitative estimate of drug-likeness (QED) is 0.453. The molecule has 0 saturated heterocycles. The minimum absolute atomic E-state index is 0.214. The van der Waals surface area contributed by atoms with Gasteiger partial charge in [-0.3, -0.25) is 4.68 Å². The van der Waals surface area contributed by atoms with Gasteiger partial charge in [-0.05, 0) is 37.9 Å². The summed E-state index contributed by atoms with van der Waals surface area (Å²) in [6.45, 7) is 6.29. The van der Waals surface area contributed by atoms with Crippen molar-refractivity contribution in [3.05, 3.63) is 63.9 Å². The van der Waals surface area contributed by atoms with E-state index in [0.29, 0.717) is 18.0 Å². The Labute approximate surface area is 185 Å². The van der Waals surface area contributed by atoms with Crippen molar-refractivity contribution in [2.24, 2.45) is 7.05 Å². The Balaban J connectivity index is 1.81. The van der Waals surface area contributed by atoms with E-state index in [1.54, 1.807) is 11.5 Å². The van der Waals surface area contributed by atoms with Gasteiger partial charge in [0, 0.05) is 58.6 Å². The third-order valence-corrected chi connectivity index (χ3v) is 6.82. The molecule has 0 spiro atoms. The number of nitrogens with two attached hydrogens (primary N) is 1. The Morgan fingerprint density at radius 2 is 2.13 bits per heavy atom. The number of ether oxygens (including phenoxy) is 1. The summed E-state index contributed by atoms with van der Waals surface area (Å²) in [7, 11) is 1.96. The molecule has 4 heterocycles. The van der Waals surface area contributed by atoms with Crippen LogP contribution in [0.2, 0.25) is 0 Å². The third-order valence-electron chi connectivity index (χ3n) is 5.79. The first-order chi connectivity index (χ1) is 14.9. The van der Waals surface area contributed by atoms with Crippen LogP contribution in [0.15, 0.2) is 36.7 Å². The zero-order valence-electron chi connectivity index (χ0n) is 18.1. The van der Waals surface area contributed by atoms with Crippen molar-refractivity contribution in [1.29, 1.82) is 0 Å². The second-order valence-corrected chi connectivity index (χ2v) is 8.95. The second kappa shape index (κ2) is 7.50. The van der Waals surface area contributed by atoms with Crippen LogP contribution in [-0.2, 0) is 19.9 Å². The number of aromatic nitrogens is 4. The molecule has 31 heavy (non-hydrogen) atoms. The van der Waals surface area contributed by atoms with Crippen molar-refractivity contribution < 1.29 is 4.74 Å². The molecule has 3 aromatic heterocycles. The Kier molecular flexibility index (Phi) is 4.78. The molecule has 0 aliphatic carbocycles. The van der Waals surface area contributed by atoms with E-state index in [9.17, 15) is 0 Å². The molecule has 0 unspecified atom stereocenters. The van der Waals surface area contributed by atoms with Gasteiger partial charge in [0.25, 0.3) is 0 Å². The lowest BCUT2D eigenvalue weighted by Crippen LogP contribution is -2.09. The highest BCUT2D eigenvalue weighted by molar-refractivity contribution is 7.06. The van der Waals surface area contributed by atoms with E-state index in [-0.39, 0.29) is 6.10 Å². The highest BCUT2D eigenvalue weighted by Crippen LogP contribution is 2.40. The van der Waals surface area contributed by atoms with Crippen molar-refractivity contribution in [3.8, 4) is 28.1 Å². The van der Waals surface area contributed by atoms with E-state index in [4.69, 9.17) is 19.9 Å². The van der Waals surface area contributed by atoms with Gasteiger partial charge in [-0.1, -0.05) is 30.7 Å². The van der Waals surface area contributed by atoms with Crippen molar-refractivity contribution in [1.82, 2.24) is 19.1 Å². The number of benzene rings is 1. The molecular weight excluding hydrogens is 406 g/mol. The fourth-order valence-electron chi connectivity index (χ4n) is 4.30. The van der Waals surface area contributed by atoms with Crippen LogP contribution in [0.25, 0.3) is 22.4 Å². The van der Waals surface area contributed by atoms with Crippen LogP contribution in [0.5, 0.6) is 5.75 Å². The lowest BCUT2D eigenvalue weighted by atomic mass is 9.93. The van der Waals surface area contributed by atoms with Gasteiger partial charge in [0.05, 0.1) is 11.4 Å². The van der Waals surface area contributed by atoms with Crippen LogP contribution in [0, 0.1) is 6.92 Å². The number of rotatable bonds is 1. The van der Waals surface area contributed by atoms with E-state index in [0.717, 1.165) is 45.6 Å². The normalized spacial score (nSPS) is 15.2. The summed E-state index contributed by atoms with van der Waals surface area (Å²) in [4.78, 5) is 5.69. The summed E-state index contributed by atoms with van der Waals surface area (Å²) in [6, 6.07) is 8.43. The predicted octanol–water partition coefficient (Wildman–Crippen LogP) is 5.10. The summed E-state index contributed by atoms with van der Waals surface area (Å²) in [5.74, 6) is 0.988. The fourth-order valence-corrected chi connectivity index (χ4v) is 5.13. The summed E-state index contributed by atoms with van der Waals surface area (Å²) < 4.78 is 13.1. The van der Waals surface area contributed by atoms with Crippen LogP contribution in [0.4, 0.5) is 5.82 Å². The maximum absolute atomic E-state index is 6.39. The minimum Gasteiger partial charge on any atom is -0.482 e. The van der Waals surface area contributed by atoms with Crippen LogP contribution in [0.3, 0.4) is 0 Å². The molecule has 0 fully saturated rings. The van der Waals surface area contributed by atoms with Crippen LogP contribution >= 0.6 is 11.5 Å². The van der Waals surface area contributed by atoms with Gasteiger partial charge >= 0.3 is 0 Å². The smallest absolute Gasteiger partial charge is 0.166 e. The molecule has 158 valence electrons. The Bertz CT molecular complexity index is 1290. The van der Waals surface area contributed by atoms with Gasteiger partial charge < -0.3 is 10.5 Å². The highest BCUT2D eigenvalue weighted by atomic mass is 32.1. The molecule has 1 atom stereocenters. The van der Waals surface area contributed by atoms with E-state index in [1.807, 2.05) is 30.9 Å². The Hall–Kier alpha value is -3.19. The van der Waals surface area contributed by atoms with E-state index >= 15 is 0 Å². The van der Waals surface area contributed by atoms with Crippen molar-refractivity contribution in [2.45, 2.75) is 39.7 Å². The zero-order valence-corrected chi connectivity index (χ0v) is 19.0. The lowest BCUT2D eigenvalue weighted by Gasteiger charge is -2.21. The lowest BCUT2D eigenvalue weighted by molar-refractivity contribution is 0.228. The summed E-state index contributed by atoms with van der Waals surface area (Å²) in [5, 5.41) is 4.83. The number of nitrogens with zero attached hydrogens (tertiary/aromatic N) is 4. The molecule has 0 saturated carbocycles. The number of fused-ring (bicyclic) bond motifs is 7. The molecule has 6 nitrogen and oxygen atoms in total. The number of hydrogen-bond donors (Lipinski definition) is 1. The molecule has 1 aliphatic heterocycles. The first kappa shape index (κ1) is 19.8. The molecule has 5 rings (SSSR count). The monoisotopic (exact) mass is 431 g/mol. The van der Waals surface area contributed by atoms with Gasteiger partial charge in [0.1, 0.15) is 6.10 Å². The first-order valence-corrected chi connectivity index (χ1v) is 11.2. The number of pyridine rings is 1. The van der Waals surface area contributed by atoms with Gasteiger partial charge in [-0.15, -0.1) is 0 Å². The second-order valence-electron chi connectivity index (χ2n) is 8.09.